The second kappa shape index (κ2) is 20.3. The quantitative estimate of drug-likeness (QED) is 0.327. The highest BCUT2D eigenvalue weighted by Gasteiger charge is 2.47. The van der Waals surface area contributed by atoms with Gasteiger partial charge in [0.1, 0.15) is 30.7 Å². The van der Waals surface area contributed by atoms with E-state index in [1.165, 1.54) is 18.2 Å². The van der Waals surface area contributed by atoms with E-state index < -0.39 is 43.3 Å². The lowest BCUT2D eigenvalue weighted by atomic mass is 9.99. The van der Waals surface area contributed by atoms with Gasteiger partial charge in [0.25, 0.3) is 0 Å². The van der Waals surface area contributed by atoms with Gasteiger partial charge in [0.2, 0.25) is 0 Å². The van der Waals surface area contributed by atoms with E-state index in [9.17, 15) is 20.1 Å². The molecular weight excluding hydrogens is 476 g/mol. The monoisotopic (exact) mass is 520 g/mol. The van der Waals surface area contributed by atoms with Crippen LogP contribution in [0.2, 0.25) is 0 Å². The van der Waals surface area contributed by atoms with E-state index >= 15 is 0 Å². The summed E-state index contributed by atoms with van der Waals surface area (Å²) in [6.45, 7) is 15.4. The lowest BCUT2D eigenvalue weighted by Gasteiger charge is -2.41. The summed E-state index contributed by atoms with van der Waals surface area (Å²) in [7, 11) is 0. The molecule has 3 N–H and O–H groups in total. The maximum absolute atomic E-state index is 12.5. The van der Waals surface area contributed by atoms with E-state index in [1.54, 1.807) is 12.1 Å². The van der Waals surface area contributed by atoms with Crippen LogP contribution in [0.1, 0.15) is 57.5 Å². The smallest absolute Gasteiger partial charge is 0.338 e. The third kappa shape index (κ3) is 11.0. The molecule has 0 saturated carbocycles. The predicted octanol–water partition coefficient (Wildman–Crippen LogP) is 4.51. The molecule has 37 heavy (non-hydrogen) atoms. The molecule has 208 valence electrons. The number of carbonyl (C=O) groups excluding carboxylic acids is 1. The largest absolute Gasteiger partial charge is 0.489 e. The van der Waals surface area contributed by atoms with Gasteiger partial charge in [0.15, 0.2) is 12.4 Å². The maximum atomic E-state index is 12.5. The Morgan fingerprint density at radius 3 is 2.08 bits per heavy atom. The van der Waals surface area contributed by atoms with E-state index in [-0.39, 0.29) is 12.2 Å². The zero-order valence-electron chi connectivity index (χ0n) is 22.9. The summed E-state index contributed by atoms with van der Waals surface area (Å²) >= 11 is 0. The SMILES string of the molecule is C=CCO[C@@H]1O[C@H](CO)[C@@H](OC(=O)c2ccc(OCc3ccccc3)cc2)[C@H](O)[C@H]1O.CC.CC.CC. The van der Waals surface area contributed by atoms with Crippen molar-refractivity contribution in [2.45, 2.75) is 78.9 Å². The lowest BCUT2D eigenvalue weighted by Crippen LogP contribution is -2.60. The van der Waals surface area contributed by atoms with Crippen molar-refractivity contribution in [3.05, 3.63) is 78.4 Å². The Morgan fingerprint density at radius 2 is 1.54 bits per heavy atom. The van der Waals surface area contributed by atoms with Gasteiger partial charge < -0.3 is 34.3 Å². The minimum absolute atomic E-state index is 0.0791. The average Bonchev–Trinajstić information content (AvgIpc) is 2.98. The summed E-state index contributed by atoms with van der Waals surface area (Å²) in [4.78, 5) is 12.5. The summed E-state index contributed by atoms with van der Waals surface area (Å²) in [6.07, 6.45) is -5.03. The number of ether oxygens (including phenoxy) is 4. The first-order valence-corrected chi connectivity index (χ1v) is 12.9. The molecule has 0 aromatic heterocycles. The van der Waals surface area contributed by atoms with Crippen molar-refractivity contribution in [2.75, 3.05) is 13.2 Å². The predicted molar refractivity (Wildman–Crippen MR) is 144 cm³/mol. The molecule has 1 saturated heterocycles. The third-order valence-electron chi connectivity index (χ3n) is 4.78. The Labute approximate surface area is 221 Å². The topological polar surface area (TPSA) is 115 Å². The van der Waals surface area contributed by atoms with E-state index in [0.717, 1.165) is 5.56 Å². The van der Waals surface area contributed by atoms with E-state index in [0.29, 0.717) is 12.4 Å². The molecule has 1 heterocycles. The van der Waals surface area contributed by atoms with Crippen molar-refractivity contribution in [3.8, 4) is 5.75 Å². The van der Waals surface area contributed by atoms with E-state index in [2.05, 4.69) is 6.58 Å². The van der Waals surface area contributed by atoms with Crippen molar-refractivity contribution in [1.82, 2.24) is 0 Å². The molecule has 5 atom stereocenters. The van der Waals surface area contributed by atoms with Crippen LogP contribution in [-0.4, -0.2) is 65.2 Å². The molecule has 2 aromatic carbocycles. The molecule has 0 aliphatic carbocycles. The number of aliphatic hydroxyl groups is 3. The van der Waals surface area contributed by atoms with Gasteiger partial charge in [-0.1, -0.05) is 78.0 Å². The number of hydrogen-bond donors (Lipinski definition) is 3. The second-order valence-electron chi connectivity index (χ2n) is 7.00. The van der Waals surface area contributed by atoms with E-state index in [4.69, 9.17) is 18.9 Å². The fraction of sp³-hybridized carbons (Fsp3) is 0.483. The molecular formula is C29H44O8. The van der Waals surface area contributed by atoms with Gasteiger partial charge in [-0.05, 0) is 29.8 Å². The summed E-state index contributed by atoms with van der Waals surface area (Å²) in [5.74, 6) is -0.161. The average molecular weight is 521 g/mol. The number of carbonyl (C=O) groups is 1. The van der Waals surface area contributed by atoms with Gasteiger partial charge in [-0.3, -0.25) is 0 Å². The summed E-state index contributed by atoms with van der Waals surface area (Å²) in [6, 6.07) is 16.0. The van der Waals surface area contributed by atoms with Crippen LogP contribution in [0.3, 0.4) is 0 Å². The van der Waals surface area contributed by atoms with Crippen LogP contribution in [-0.2, 0) is 20.8 Å². The van der Waals surface area contributed by atoms with Gasteiger partial charge in [0, 0.05) is 0 Å². The Balaban J connectivity index is 0.00000201. The molecule has 0 unspecified atom stereocenters. The Kier molecular flexibility index (Phi) is 18.8. The zero-order chi connectivity index (χ0) is 28.2. The Morgan fingerprint density at radius 1 is 0.946 bits per heavy atom. The van der Waals surface area contributed by atoms with Crippen molar-refractivity contribution in [3.63, 3.8) is 0 Å². The number of aliphatic hydroxyl groups excluding tert-OH is 3. The first-order chi connectivity index (χ1) is 18.0. The van der Waals surface area contributed by atoms with Crippen LogP contribution >= 0.6 is 0 Å². The number of hydrogen-bond acceptors (Lipinski definition) is 8. The molecule has 1 fully saturated rings. The Bertz CT molecular complexity index is 839. The zero-order valence-corrected chi connectivity index (χ0v) is 22.9. The third-order valence-corrected chi connectivity index (χ3v) is 4.78. The summed E-state index contributed by atoms with van der Waals surface area (Å²) < 4.78 is 21.7. The van der Waals surface area contributed by atoms with Gasteiger partial charge in [-0.15, -0.1) is 6.58 Å². The van der Waals surface area contributed by atoms with Gasteiger partial charge in [0.05, 0.1) is 18.8 Å². The van der Waals surface area contributed by atoms with Crippen LogP contribution < -0.4 is 4.74 Å². The molecule has 3 rings (SSSR count). The van der Waals surface area contributed by atoms with Crippen LogP contribution in [0, 0.1) is 0 Å². The van der Waals surface area contributed by atoms with E-state index in [1.807, 2.05) is 71.9 Å². The lowest BCUT2D eigenvalue weighted by molar-refractivity contribution is -0.297. The van der Waals surface area contributed by atoms with Gasteiger partial charge in [-0.2, -0.15) is 0 Å². The standard InChI is InChI=1S/C23H26O8.3C2H6/c1-2-12-28-23-20(26)19(25)21(18(13-24)30-23)31-22(27)16-8-10-17(11-9-16)29-14-15-6-4-3-5-7-15;3*1-2/h2-11,18-21,23-26H,1,12-14H2;3*1-2H3/t18-,19-,20-,21-,23-;;;/m1.../s1. The molecule has 0 bridgehead atoms. The maximum Gasteiger partial charge on any atom is 0.338 e. The highest BCUT2D eigenvalue weighted by molar-refractivity contribution is 5.89. The first-order valence-electron chi connectivity index (χ1n) is 12.9. The molecule has 2 aromatic rings. The normalized spacial score (nSPS) is 21.9. The van der Waals surface area contributed by atoms with Crippen molar-refractivity contribution in [1.29, 1.82) is 0 Å². The van der Waals surface area contributed by atoms with Crippen LogP contribution in [0.5, 0.6) is 5.75 Å². The number of benzene rings is 2. The highest BCUT2D eigenvalue weighted by atomic mass is 16.7. The molecule has 8 nitrogen and oxygen atoms in total. The van der Waals surface area contributed by atoms with Crippen molar-refractivity contribution in [2.24, 2.45) is 0 Å². The first kappa shape index (κ1) is 34.2. The fourth-order valence-corrected chi connectivity index (χ4v) is 3.12. The van der Waals surface area contributed by atoms with Crippen LogP contribution in [0.4, 0.5) is 0 Å². The fourth-order valence-electron chi connectivity index (χ4n) is 3.12. The summed E-state index contributed by atoms with van der Waals surface area (Å²) in [5.41, 5.74) is 1.23. The van der Waals surface area contributed by atoms with Crippen molar-refractivity contribution < 1.29 is 39.1 Å². The summed E-state index contributed by atoms with van der Waals surface area (Å²) in [5, 5.41) is 30.2. The molecule has 0 radical (unpaired) electrons. The number of rotatable bonds is 9. The minimum Gasteiger partial charge on any atom is -0.489 e. The molecule has 0 amide bonds. The molecule has 0 spiro atoms. The highest BCUT2D eigenvalue weighted by Crippen LogP contribution is 2.25. The van der Waals surface area contributed by atoms with Gasteiger partial charge in [-0.25, -0.2) is 4.79 Å². The van der Waals surface area contributed by atoms with Gasteiger partial charge >= 0.3 is 5.97 Å². The van der Waals surface area contributed by atoms with Crippen LogP contribution in [0.15, 0.2) is 67.3 Å². The Hall–Kier alpha value is -2.75. The molecule has 8 heteroatoms. The number of esters is 1. The van der Waals surface area contributed by atoms with Crippen LogP contribution in [0.25, 0.3) is 0 Å². The van der Waals surface area contributed by atoms with Crippen molar-refractivity contribution >= 4 is 5.97 Å². The molecule has 1 aliphatic heterocycles. The molecule has 1 aliphatic rings. The minimum atomic E-state index is -1.50. The second-order valence-corrected chi connectivity index (χ2v) is 7.00.